The van der Waals surface area contributed by atoms with Gasteiger partial charge in [-0.2, -0.15) is 0 Å². The molecular formula is C26H21ClN2O2S. The largest absolute Gasteiger partial charge is 0.352 e. The van der Waals surface area contributed by atoms with E-state index in [1.54, 1.807) is 35.6 Å². The summed E-state index contributed by atoms with van der Waals surface area (Å²) >= 11 is 7.45. The number of nitrogens with zero attached hydrogens (tertiary/aromatic N) is 1. The first-order valence-corrected chi connectivity index (χ1v) is 11.5. The van der Waals surface area contributed by atoms with Crippen LogP contribution in [0.15, 0.2) is 84.2 Å². The second kappa shape index (κ2) is 10.4. The lowest BCUT2D eigenvalue weighted by Crippen LogP contribution is -2.23. The number of carbonyl (C=O) groups excluding carboxylic acids is 2. The Labute approximate surface area is 195 Å². The van der Waals surface area contributed by atoms with E-state index in [0.717, 1.165) is 27.4 Å². The number of Topliss-reactive ketones (excluding diaryl/α,β-unsaturated/α-hetero) is 1. The van der Waals surface area contributed by atoms with E-state index in [1.165, 1.54) is 0 Å². The summed E-state index contributed by atoms with van der Waals surface area (Å²) in [5.41, 5.74) is 4.67. The fraction of sp³-hybridized carbons (Fsp3) is 0.115. The Balaban J connectivity index is 1.27. The highest BCUT2D eigenvalue weighted by Crippen LogP contribution is 2.28. The summed E-state index contributed by atoms with van der Waals surface area (Å²) in [7, 11) is 0. The van der Waals surface area contributed by atoms with Crippen molar-refractivity contribution in [2.75, 3.05) is 0 Å². The first-order chi connectivity index (χ1) is 15.6. The van der Waals surface area contributed by atoms with E-state index in [4.69, 9.17) is 16.6 Å². The molecule has 1 heterocycles. The van der Waals surface area contributed by atoms with Gasteiger partial charge in [-0.05, 0) is 29.8 Å². The van der Waals surface area contributed by atoms with E-state index in [2.05, 4.69) is 10.7 Å². The van der Waals surface area contributed by atoms with Gasteiger partial charge in [0.1, 0.15) is 5.01 Å². The molecule has 1 aromatic heterocycles. The maximum Gasteiger partial charge on any atom is 0.220 e. The number of hydrogen-bond acceptors (Lipinski definition) is 4. The molecule has 4 aromatic rings. The van der Waals surface area contributed by atoms with Gasteiger partial charge in [-0.3, -0.25) is 9.59 Å². The number of nitrogens with one attached hydrogen (secondary N) is 1. The van der Waals surface area contributed by atoms with Crippen molar-refractivity contribution >= 4 is 34.6 Å². The maximum absolute atomic E-state index is 12.2. The van der Waals surface area contributed by atoms with Gasteiger partial charge in [-0.1, -0.05) is 66.2 Å². The number of rotatable bonds is 8. The van der Waals surface area contributed by atoms with Crippen molar-refractivity contribution < 1.29 is 9.59 Å². The van der Waals surface area contributed by atoms with Crippen molar-refractivity contribution in [1.29, 1.82) is 0 Å². The van der Waals surface area contributed by atoms with Gasteiger partial charge >= 0.3 is 0 Å². The van der Waals surface area contributed by atoms with E-state index < -0.39 is 0 Å². The van der Waals surface area contributed by atoms with Crippen molar-refractivity contribution in [3.8, 4) is 21.8 Å². The highest BCUT2D eigenvalue weighted by Gasteiger charge is 2.10. The third-order valence-electron chi connectivity index (χ3n) is 5.01. The summed E-state index contributed by atoms with van der Waals surface area (Å²) in [5.74, 6) is -0.219. The predicted molar refractivity (Wildman–Crippen MR) is 130 cm³/mol. The van der Waals surface area contributed by atoms with Gasteiger partial charge < -0.3 is 5.32 Å². The quantitative estimate of drug-likeness (QED) is 0.309. The topological polar surface area (TPSA) is 59.1 Å². The van der Waals surface area contributed by atoms with Gasteiger partial charge in [0.05, 0.1) is 5.69 Å². The van der Waals surface area contributed by atoms with Crippen molar-refractivity contribution in [2.45, 2.75) is 19.4 Å². The lowest BCUT2D eigenvalue weighted by molar-refractivity contribution is -0.121. The van der Waals surface area contributed by atoms with Gasteiger partial charge in [-0.25, -0.2) is 4.98 Å². The molecular weight excluding hydrogens is 440 g/mol. The lowest BCUT2D eigenvalue weighted by atomic mass is 10.1. The normalized spacial score (nSPS) is 10.7. The van der Waals surface area contributed by atoms with E-state index in [0.29, 0.717) is 17.1 Å². The standard InChI is InChI=1S/C26H21ClN2O2S/c27-22-12-10-20(11-13-22)24(30)14-15-25(31)28-16-18-6-8-21(9-7-18)26-29-23(17-32-26)19-4-2-1-3-5-19/h1-13,17H,14-16H2,(H,28,31). The van der Waals surface area contributed by atoms with Gasteiger partial charge in [0.15, 0.2) is 5.78 Å². The molecule has 0 spiro atoms. The van der Waals surface area contributed by atoms with Crippen molar-refractivity contribution in [3.05, 3.63) is 100 Å². The molecule has 3 aromatic carbocycles. The first kappa shape index (κ1) is 21.9. The fourth-order valence-corrected chi connectivity index (χ4v) is 4.17. The number of halogens is 1. The minimum atomic E-state index is -0.149. The summed E-state index contributed by atoms with van der Waals surface area (Å²) < 4.78 is 0. The number of hydrogen-bond donors (Lipinski definition) is 1. The molecule has 0 unspecified atom stereocenters. The Kier molecular flexibility index (Phi) is 7.10. The number of benzene rings is 3. The van der Waals surface area contributed by atoms with Crippen molar-refractivity contribution in [2.24, 2.45) is 0 Å². The molecule has 0 bridgehead atoms. The molecule has 0 aliphatic rings. The Hall–Kier alpha value is -3.28. The van der Waals surface area contributed by atoms with Crippen LogP contribution in [0.2, 0.25) is 5.02 Å². The molecule has 32 heavy (non-hydrogen) atoms. The molecule has 0 saturated heterocycles. The van der Waals surface area contributed by atoms with Gasteiger partial charge in [0, 0.05) is 46.5 Å². The Bertz CT molecular complexity index is 1200. The monoisotopic (exact) mass is 460 g/mol. The number of thiazole rings is 1. The SMILES string of the molecule is O=C(CCC(=O)c1ccc(Cl)cc1)NCc1ccc(-c2nc(-c3ccccc3)cs2)cc1. The van der Waals surface area contributed by atoms with Crippen LogP contribution in [0.1, 0.15) is 28.8 Å². The van der Waals surface area contributed by atoms with Crippen LogP contribution in [-0.2, 0) is 11.3 Å². The minimum Gasteiger partial charge on any atom is -0.352 e. The summed E-state index contributed by atoms with van der Waals surface area (Å²) in [4.78, 5) is 29.0. The average Bonchev–Trinajstić information content (AvgIpc) is 3.33. The van der Waals surface area contributed by atoms with Crippen LogP contribution in [0.4, 0.5) is 0 Å². The predicted octanol–water partition coefficient (Wildman–Crippen LogP) is 6.41. The molecule has 0 radical (unpaired) electrons. The number of aromatic nitrogens is 1. The van der Waals surface area contributed by atoms with Crippen LogP contribution in [-0.4, -0.2) is 16.7 Å². The second-order valence-electron chi connectivity index (χ2n) is 7.31. The molecule has 4 rings (SSSR count). The summed E-state index contributed by atoms with van der Waals surface area (Å²) in [5, 5.41) is 6.47. The third-order valence-corrected chi connectivity index (χ3v) is 6.15. The molecule has 0 atom stereocenters. The third kappa shape index (κ3) is 5.69. The Morgan fingerprint density at radius 3 is 2.28 bits per heavy atom. The second-order valence-corrected chi connectivity index (χ2v) is 8.60. The highest BCUT2D eigenvalue weighted by atomic mass is 35.5. The van der Waals surface area contributed by atoms with Crippen LogP contribution in [0.5, 0.6) is 0 Å². The Morgan fingerprint density at radius 2 is 1.56 bits per heavy atom. The number of amides is 1. The zero-order valence-corrected chi connectivity index (χ0v) is 18.8. The van der Waals surface area contributed by atoms with Crippen LogP contribution >= 0.6 is 22.9 Å². The van der Waals surface area contributed by atoms with Crippen molar-refractivity contribution in [3.63, 3.8) is 0 Å². The van der Waals surface area contributed by atoms with Gasteiger partial charge in [0.2, 0.25) is 5.91 Å². The Morgan fingerprint density at radius 1 is 0.844 bits per heavy atom. The van der Waals surface area contributed by atoms with Crippen LogP contribution in [0.25, 0.3) is 21.8 Å². The van der Waals surface area contributed by atoms with Crippen LogP contribution in [0.3, 0.4) is 0 Å². The summed E-state index contributed by atoms with van der Waals surface area (Å²) in [6.07, 6.45) is 0.321. The van der Waals surface area contributed by atoms with E-state index in [9.17, 15) is 9.59 Å². The zero-order valence-electron chi connectivity index (χ0n) is 17.3. The van der Waals surface area contributed by atoms with E-state index >= 15 is 0 Å². The lowest BCUT2D eigenvalue weighted by Gasteiger charge is -2.06. The summed E-state index contributed by atoms with van der Waals surface area (Å²) in [6, 6.07) is 24.8. The smallest absolute Gasteiger partial charge is 0.220 e. The van der Waals surface area contributed by atoms with Gasteiger partial charge in [0.25, 0.3) is 0 Å². The minimum absolute atomic E-state index is 0.0699. The van der Waals surface area contributed by atoms with Gasteiger partial charge in [-0.15, -0.1) is 11.3 Å². The molecule has 1 N–H and O–H groups in total. The molecule has 6 heteroatoms. The fourth-order valence-electron chi connectivity index (χ4n) is 3.21. The van der Waals surface area contributed by atoms with Crippen LogP contribution in [0, 0.1) is 0 Å². The number of carbonyl (C=O) groups is 2. The molecule has 0 aliphatic carbocycles. The molecule has 1 amide bonds. The van der Waals surface area contributed by atoms with Crippen LogP contribution < -0.4 is 5.32 Å². The molecule has 0 saturated carbocycles. The molecule has 0 fully saturated rings. The number of ketones is 1. The van der Waals surface area contributed by atoms with Crippen molar-refractivity contribution in [1.82, 2.24) is 10.3 Å². The molecule has 0 aliphatic heterocycles. The van der Waals surface area contributed by atoms with E-state index in [-0.39, 0.29) is 24.5 Å². The maximum atomic E-state index is 12.2. The first-order valence-electron chi connectivity index (χ1n) is 10.2. The summed E-state index contributed by atoms with van der Waals surface area (Å²) in [6.45, 7) is 0.418. The van der Waals surface area contributed by atoms with E-state index in [1.807, 2.05) is 54.6 Å². The molecule has 160 valence electrons. The zero-order chi connectivity index (χ0) is 22.3. The average molecular weight is 461 g/mol. The molecule has 4 nitrogen and oxygen atoms in total. The highest BCUT2D eigenvalue weighted by molar-refractivity contribution is 7.13.